The van der Waals surface area contributed by atoms with Crippen molar-refractivity contribution in [1.82, 2.24) is 4.98 Å². The molecule has 0 radical (unpaired) electrons. The molecule has 2 N–H and O–H groups in total. The summed E-state index contributed by atoms with van der Waals surface area (Å²) in [5.41, 5.74) is 3.74. The molecule has 0 spiro atoms. The van der Waals surface area contributed by atoms with E-state index in [1.807, 2.05) is 32.0 Å². The van der Waals surface area contributed by atoms with Gasteiger partial charge in [0, 0.05) is 11.3 Å². The molecule has 30 heavy (non-hydrogen) atoms. The molecule has 6 nitrogen and oxygen atoms in total. The molecule has 1 heterocycles. The highest BCUT2D eigenvalue weighted by atomic mass is 32.2. The molecular weight excluding hydrogens is 418 g/mol. The number of hydrogen-bond donors (Lipinski definition) is 2. The molecule has 1 amide bonds. The summed E-state index contributed by atoms with van der Waals surface area (Å²) in [6.07, 6.45) is 0. The van der Waals surface area contributed by atoms with Gasteiger partial charge < -0.3 is 5.32 Å². The van der Waals surface area contributed by atoms with E-state index in [4.69, 9.17) is 0 Å². The quantitative estimate of drug-likeness (QED) is 0.462. The lowest BCUT2D eigenvalue weighted by atomic mass is 10.1. The van der Waals surface area contributed by atoms with Gasteiger partial charge in [0.25, 0.3) is 15.9 Å². The van der Waals surface area contributed by atoms with Crippen molar-refractivity contribution < 1.29 is 13.2 Å². The Labute approximate surface area is 178 Å². The van der Waals surface area contributed by atoms with Crippen LogP contribution in [0.15, 0.2) is 71.6 Å². The maximum atomic E-state index is 12.6. The van der Waals surface area contributed by atoms with Crippen LogP contribution in [0, 0.1) is 13.8 Å². The van der Waals surface area contributed by atoms with Crippen molar-refractivity contribution in [3.63, 3.8) is 0 Å². The van der Waals surface area contributed by atoms with E-state index in [1.54, 1.807) is 48.5 Å². The summed E-state index contributed by atoms with van der Waals surface area (Å²) >= 11 is 1.21. The first kappa shape index (κ1) is 20.1. The normalized spacial score (nSPS) is 11.4. The Morgan fingerprint density at radius 1 is 0.967 bits per heavy atom. The minimum Gasteiger partial charge on any atom is -0.322 e. The highest BCUT2D eigenvalue weighted by Gasteiger charge is 2.17. The number of aromatic nitrogens is 1. The summed E-state index contributed by atoms with van der Waals surface area (Å²) in [5, 5.41) is 3.15. The van der Waals surface area contributed by atoms with Gasteiger partial charge in [-0.05, 0) is 55.8 Å². The molecule has 0 saturated heterocycles. The second-order valence-corrected chi connectivity index (χ2v) is 9.60. The summed E-state index contributed by atoms with van der Waals surface area (Å²) in [6, 6.07) is 19.3. The van der Waals surface area contributed by atoms with E-state index >= 15 is 0 Å². The lowest BCUT2D eigenvalue weighted by Crippen LogP contribution is -2.13. The van der Waals surface area contributed by atoms with E-state index in [0.29, 0.717) is 16.8 Å². The van der Waals surface area contributed by atoms with Gasteiger partial charge >= 0.3 is 0 Å². The Kier molecular flexibility index (Phi) is 5.27. The van der Waals surface area contributed by atoms with Crippen LogP contribution in [0.3, 0.4) is 0 Å². The first-order valence-electron chi connectivity index (χ1n) is 9.19. The van der Waals surface area contributed by atoms with E-state index in [9.17, 15) is 13.2 Å². The first-order valence-corrected chi connectivity index (χ1v) is 11.5. The van der Waals surface area contributed by atoms with Gasteiger partial charge in [-0.15, -0.1) is 0 Å². The van der Waals surface area contributed by atoms with Gasteiger partial charge in [0.15, 0.2) is 5.13 Å². The Morgan fingerprint density at radius 2 is 1.70 bits per heavy atom. The summed E-state index contributed by atoms with van der Waals surface area (Å²) in [4.78, 5) is 17.1. The molecule has 3 aromatic carbocycles. The second-order valence-electron chi connectivity index (χ2n) is 6.89. The van der Waals surface area contributed by atoms with Crippen LogP contribution in [0.25, 0.3) is 10.2 Å². The van der Waals surface area contributed by atoms with Crippen molar-refractivity contribution in [2.24, 2.45) is 0 Å². The number of amides is 1. The largest absolute Gasteiger partial charge is 0.322 e. The van der Waals surface area contributed by atoms with Crippen LogP contribution in [0.1, 0.15) is 21.5 Å². The molecule has 0 aliphatic carbocycles. The van der Waals surface area contributed by atoms with E-state index in [2.05, 4.69) is 15.0 Å². The van der Waals surface area contributed by atoms with Crippen molar-refractivity contribution in [3.05, 3.63) is 83.4 Å². The summed E-state index contributed by atoms with van der Waals surface area (Å²) < 4.78 is 28.5. The van der Waals surface area contributed by atoms with Gasteiger partial charge in [0.05, 0.1) is 15.1 Å². The maximum Gasteiger partial charge on any atom is 0.263 e. The lowest BCUT2D eigenvalue weighted by molar-refractivity contribution is 0.102. The molecule has 0 unspecified atom stereocenters. The number of nitrogens with one attached hydrogen (secondary N) is 2. The molecule has 0 atom stereocenters. The molecule has 0 fully saturated rings. The SMILES string of the molecule is Cc1ccc(S(=O)(=O)Nc2nc3ccc(NC(=O)c4ccccc4C)cc3s2)cc1. The fourth-order valence-electron chi connectivity index (χ4n) is 2.96. The van der Waals surface area contributed by atoms with Crippen LogP contribution in [-0.4, -0.2) is 19.3 Å². The predicted octanol–water partition coefficient (Wildman–Crippen LogP) is 4.97. The van der Waals surface area contributed by atoms with Crippen LogP contribution in [0.5, 0.6) is 0 Å². The average Bonchev–Trinajstić information content (AvgIpc) is 3.09. The number of nitrogens with zero attached hydrogens (tertiary/aromatic N) is 1. The van der Waals surface area contributed by atoms with Gasteiger partial charge in [-0.25, -0.2) is 13.4 Å². The summed E-state index contributed by atoms with van der Waals surface area (Å²) in [6.45, 7) is 3.78. The van der Waals surface area contributed by atoms with Crippen LogP contribution in [0.2, 0.25) is 0 Å². The maximum absolute atomic E-state index is 12.6. The summed E-state index contributed by atoms with van der Waals surface area (Å²) in [7, 11) is -3.72. The Hall–Kier alpha value is -3.23. The summed E-state index contributed by atoms with van der Waals surface area (Å²) in [5.74, 6) is -0.197. The monoisotopic (exact) mass is 437 g/mol. The average molecular weight is 438 g/mol. The second kappa shape index (κ2) is 7.89. The fraction of sp³-hybridized carbons (Fsp3) is 0.0909. The lowest BCUT2D eigenvalue weighted by Gasteiger charge is -2.07. The van der Waals surface area contributed by atoms with E-state index in [-0.39, 0.29) is 15.9 Å². The van der Waals surface area contributed by atoms with Gasteiger partial charge in [-0.2, -0.15) is 0 Å². The zero-order valence-corrected chi connectivity index (χ0v) is 18.0. The third kappa shape index (κ3) is 4.19. The highest BCUT2D eigenvalue weighted by Crippen LogP contribution is 2.30. The van der Waals surface area contributed by atoms with Crippen molar-refractivity contribution in [2.45, 2.75) is 18.7 Å². The number of sulfonamides is 1. The van der Waals surface area contributed by atoms with E-state index < -0.39 is 10.0 Å². The molecule has 8 heteroatoms. The fourth-order valence-corrected chi connectivity index (χ4v) is 5.10. The minimum absolute atomic E-state index is 0.179. The molecule has 0 bridgehead atoms. The number of carbonyl (C=O) groups excluding carboxylic acids is 1. The smallest absolute Gasteiger partial charge is 0.263 e. The van der Waals surface area contributed by atoms with E-state index in [0.717, 1.165) is 15.8 Å². The topological polar surface area (TPSA) is 88.2 Å². The molecule has 152 valence electrons. The number of hydrogen-bond acceptors (Lipinski definition) is 5. The van der Waals surface area contributed by atoms with Crippen LogP contribution < -0.4 is 10.0 Å². The Morgan fingerprint density at radius 3 is 2.43 bits per heavy atom. The number of aryl methyl sites for hydroxylation is 2. The van der Waals surface area contributed by atoms with Crippen molar-refractivity contribution in [2.75, 3.05) is 10.0 Å². The van der Waals surface area contributed by atoms with E-state index in [1.165, 1.54) is 11.3 Å². The number of carbonyl (C=O) groups is 1. The molecule has 4 rings (SSSR count). The molecular formula is C22H19N3O3S2. The molecule has 0 saturated carbocycles. The van der Waals surface area contributed by atoms with Gasteiger partial charge in [0.1, 0.15) is 0 Å². The molecule has 1 aromatic heterocycles. The highest BCUT2D eigenvalue weighted by molar-refractivity contribution is 7.93. The Balaban J connectivity index is 1.56. The zero-order chi connectivity index (χ0) is 21.3. The Bertz CT molecular complexity index is 1340. The number of benzene rings is 3. The number of rotatable bonds is 5. The minimum atomic E-state index is -3.72. The zero-order valence-electron chi connectivity index (χ0n) is 16.3. The number of fused-ring (bicyclic) bond motifs is 1. The van der Waals surface area contributed by atoms with Gasteiger partial charge in [-0.1, -0.05) is 47.2 Å². The number of thiazole rings is 1. The van der Waals surface area contributed by atoms with Gasteiger partial charge in [0.2, 0.25) is 0 Å². The van der Waals surface area contributed by atoms with Crippen molar-refractivity contribution in [1.29, 1.82) is 0 Å². The molecule has 4 aromatic rings. The third-order valence-electron chi connectivity index (χ3n) is 4.59. The van der Waals surface area contributed by atoms with Crippen molar-refractivity contribution >= 4 is 48.3 Å². The molecule has 0 aliphatic heterocycles. The third-order valence-corrected chi connectivity index (χ3v) is 7.01. The molecule has 0 aliphatic rings. The van der Waals surface area contributed by atoms with Crippen LogP contribution in [0.4, 0.5) is 10.8 Å². The van der Waals surface area contributed by atoms with Crippen LogP contribution >= 0.6 is 11.3 Å². The predicted molar refractivity (Wildman–Crippen MR) is 121 cm³/mol. The van der Waals surface area contributed by atoms with Crippen LogP contribution in [-0.2, 0) is 10.0 Å². The van der Waals surface area contributed by atoms with Gasteiger partial charge in [-0.3, -0.25) is 9.52 Å². The standard InChI is InChI=1S/C22H19N3O3S2/c1-14-7-10-17(11-8-14)30(27,28)25-22-24-19-12-9-16(13-20(19)29-22)23-21(26)18-6-4-3-5-15(18)2/h3-13H,1-2H3,(H,23,26)(H,24,25). The number of anilines is 2. The van der Waals surface area contributed by atoms with Crippen molar-refractivity contribution in [3.8, 4) is 0 Å². The first-order chi connectivity index (χ1) is 14.3.